The SMILES string of the molecule is CC[C@H](C)[C@@H](CBr)NC(=O)c1cc(C(F)(F)F)cc(C(F)(F)F)c1. The Hall–Kier alpha value is -1.25. The largest absolute Gasteiger partial charge is 0.416 e. The Morgan fingerprint density at radius 3 is 1.88 bits per heavy atom. The molecular weight excluding hydrogens is 404 g/mol. The van der Waals surface area contributed by atoms with Crippen molar-refractivity contribution in [3.8, 4) is 0 Å². The number of nitrogens with one attached hydrogen (secondary N) is 1. The van der Waals surface area contributed by atoms with Gasteiger partial charge >= 0.3 is 12.4 Å². The topological polar surface area (TPSA) is 29.1 Å². The van der Waals surface area contributed by atoms with E-state index >= 15 is 0 Å². The third-order valence-corrected chi connectivity index (χ3v) is 4.36. The molecule has 1 rings (SSSR count). The summed E-state index contributed by atoms with van der Waals surface area (Å²) in [4.78, 5) is 12.1. The van der Waals surface area contributed by atoms with Gasteiger partial charge in [0, 0.05) is 16.9 Å². The predicted octanol–water partition coefficient (Wildman–Crippen LogP) is 5.26. The van der Waals surface area contributed by atoms with E-state index in [0.717, 1.165) is 0 Å². The number of benzene rings is 1. The van der Waals surface area contributed by atoms with Crippen LogP contribution in [0.2, 0.25) is 0 Å². The first-order valence-corrected chi connectivity index (χ1v) is 8.18. The van der Waals surface area contributed by atoms with Gasteiger partial charge in [-0.25, -0.2) is 0 Å². The first-order chi connectivity index (χ1) is 10.9. The molecule has 0 saturated heterocycles. The molecule has 24 heavy (non-hydrogen) atoms. The molecule has 0 unspecified atom stereocenters. The van der Waals surface area contributed by atoms with Crippen molar-refractivity contribution in [1.29, 1.82) is 0 Å². The molecule has 1 amide bonds. The van der Waals surface area contributed by atoms with Gasteiger partial charge in [-0.3, -0.25) is 4.79 Å². The molecule has 1 aromatic rings. The number of halogens is 7. The Labute approximate surface area is 143 Å². The van der Waals surface area contributed by atoms with Crippen molar-refractivity contribution in [1.82, 2.24) is 5.32 Å². The zero-order valence-corrected chi connectivity index (χ0v) is 14.4. The van der Waals surface area contributed by atoms with E-state index in [1.165, 1.54) is 0 Å². The maximum absolute atomic E-state index is 12.8. The maximum atomic E-state index is 12.8. The van der Waals surface area contributed by atoms with E-state index in [1.807, 2.05) is 13.8 Å². The first kappa shape index (κ1) is 20.8. The van der Waals surface area contributed by atoms with Crippen LogP contribution in [-0.4, -0.2) is 17.3 Å². The first-order valence-electron chi connectivity index (χ1n) is 7.06. The summed E-state index contributed by atoms with van der Waals surface area (Å²) in [5.41, 5.74) is -3.70. The van der Waals surface area contributed by atoms with Crippen LogP contribution in [0.1, 0.15) is 41.8 Å². The Kier molecular flexibility index (Phi) is 6.72. The standard InChI is InChI=1S/C15H16BrF6NO/c1-3-8(2)12(7-16)23-13(24)9-4-10(14(17,18)19)6-11(5-9)15(20,21)22/h4-6,8,12H,3,7H2,1-2H3,(H,23,24)/t8-,12+/m0/s1. The highest BCUT2D eigenvalue weighted by atomic mass is 79.9. The molecule has 2 nitrogen and oxygen atoms in total. The molecule has 2 atom stereocenters. The van der Waals surface area contributed by atoms with Gasteiger partial charge in [-0.05, 0) is 24.1 Å². The van der Waals surface area contributed by atoms with Gasteiger partial charge in [-0.2, -0.15) is 26.3 Å². The van der Waals surface area contributed by atoms with Gasteiger partial charge in [0.05, 0.1) is 11.1 Å². The summed E-state index contributed by atoms with van der Waals surface area (Å²) >= 11 is 3.18. The fourth-order valence-corrected chi connectivity index (χ4v) is 2.76. The number of carbonyl (C=O) groups excluding carboxylic acids is 1. The fraction of sp³-hybridized carbons (Fsp3) is 0.533. The van der Waals surface area contributed by atoms with Crippen LogP contribution >= 0.6 is 15.9 Å². The highest BCUT2D eigenvalue weighted by Gasteiger charge is 2.37. The van der Waals surface area contributed by atoms with Gasteiger partial charge in [0.15, 0.2) is 0 Å². The molecule has 0 aromatic heterocycles. The average molecular weight is 420 g/mol. The van der Waals surface area contributed by atoms with Crippen LogP contribution in [0.5, 0.6) is 0 Å². The van der Waals surface area contributed by atoms with Gasteiger partial charge in [-0.1, -0.05) is 36.2 Å². The molecule has 136 valence electrons. The predicted molar refractivity (Wildman–Crippen MR) is 80.9 cm³/mol. The molecule has 0 fully saturated rings. The van der Waals surface area contributed by atoms with Crippen LogP contribution in [0.15, 0.2) is 18.2 Å². The zero-order valence-electron chi connectivity index (χ0n) is 12.9. The number of rotatable bonds is 5. The Morgan fingerprint density at radius 1 is 1.08 bits per heavy atom. The summed E-state index contributed by atoms with van der Waals surface area (Å²) in [6.45, 7) is 3.68. The molecule has 9 heteroatoms. The summed E-state index contributed by atoms with van der Waals surface area (Å²) in [5.74, 6) is -0.974. The van der Waals surface area contributed by atoms with Crippen LogP contribution in [0, 0.1) is 5.92 Å². The van der Waals surface area contributed by atoms with Crippen molar-refractivity contribution in [2.45, 2.75) is 38.7 Å². The molecule has 0 aliphatic heterocycles. The van der Waals surface area contributed by atoms with E-state index < -0.39 is 41.0 Å². The van der Waals surface area contributed by atoms with Crippen LogP contribution < -0.4 is 5.32 Å². The lowest BCUT2D eigenvalue weighted by Gasteiger charge is -2.22. The number of hydrogen-bond donors (Lipinski definition) is 1. The van der Waals surface area contributed by atoms with Crippen molar-refractivity contribution in [2.24, 2.45) is 5.92 Å². The van der Waals surface area contributed by atoms with Crippen molar-refractivity contribution in [3.05, 3.63) is 34.9 Å². The molecule has 0 bridgehead atoms. The third kappa shape index (κ3) is 5.39. The summed E-state index contributed by atoms with van der Waals surface area (Å²) in [6.07, 6.45) is -9.28. The molecule has 0 aliphatic carbocycles. The van der Waals surface area contributed by atoms with Crippen molar-refractivity contribution in [2.75, 3.05) is 5.33 Å². The Morgan fingerprint density at radius 2 is 1.54 bits per heavy atom. The summed E-state index contributed by atoms with van der Waals surface area (Å²) in [5, 5.41) is 2.80. The zero-order chi connectivity index (χ0) is 18.7. The van der Waals surface area contributed by atoms with E-state index in [1.54, 1.807) is 0 Å². The van der Waals surface area contributed by atoms with Crippen LogP contribution in [-0.2, 0) is 12.4 Å². The summed E-state index contributed by atoms with van der Waals surface area (Å²) in [6, 6.07) is 0.429. The molecule has 0 heterocycles. The number of amides is 1. The van der Waals surface area contributed by atoms with Crippen molar-refractivity contribution < 1.29 is 31.1 Å². The quantitative estimate of drug-likeness (QED) is 0.511. The minimum Gasteiger partial charge on any atom is -0.348 e. The van der Waals surface area contributed by atoms with Crippen LogP contribution in [0.25, 0.3) is 0 Å². The van der Waals surface area contributed by atoms with Crippen LogP contribution in [0.4, 0.5) is 26.3 Å². The van der Waals surface area contributed by atoms with E-state index in [4.69, 9.17) is 0 Å². The van der Waals surface area contributed by atoms with E-state index in [9.17, 15) is 31.1 Å². The second-order valence-corrected chi connectivity index (χ2v) is 6.06. The minimum atomic E-state index is -4.98. The van der Waals surface area contributed by atoms with E-state index in [-0.39, 0.29) is 12.0 Å². The van der Waals surface area contributed by atoms with Gasteiger partial charge in [0.25, 0.3) is 5.91 Å². The lowest BCUT2D eigenvalue weighted by atomic mass is 9.99. The molecule has 0 saturated carbocycles. The van der Waals surface area contributed by atoms with Gasteiger partial charge in [-0.15, -0.1) is 0 Å². The Balaban J connectivity index is 3.24. The lowest BCUT2D eigenvalue weighted by molar-refractivity contribution is -0.143. The molecular formula is C15H16BrF6NO. The second kappa shape index (κ2) is 7.76. The van der Waals surface area contributed by atoms with E-state index in [2.05, 4.69) is 21.2 Å². The summed E-state index contributed by atoms with van der Waals surface area (Å²) in [7, 11) is 0. The monoisotopic (exact) mass is 419 g/mol. The second-order valence-electron chi connectivity index (χ2n) is 5.41. The molecule has 1 N–H and O–H groups in total. The van der Waals surface area contributed by atoms with E-state index in [0.29, 0.717) is 23.9 Å². The fourth-order valence-electron chi connectivity index (χ4n) is 1.96. The van der Waals surface area contributed by atoms with Crippen LogP contribution in [0.3, 0.4) is 0 Å². The molecule has 0 aliphatic rings. The smallest absolute Gasteiger partial charge is 0.348 e. The van der Waals surface area contributed by atoms with Gasteiger partial charge < -0.3 is 5.32 Å². The molecule has 0 spiro atoms. The number of carbonyl (C=O) groups is 1. The maximum Gasteiger partial charge on any atom is 0.416 e. The molecule has 0 radical (unpaired) electrons. The Bertz CT molecular complexity index is 552. The molecule has 1 aromatic carbocycles. The lowest BCUT2D eigenvalue weighted by Crippen LogP contribution is -2.40. The number of alkyl halides is 7. The summed E-state index contributed by atoms with van der Waals surface area (Å²) < 4.78 is 76.8. The third-order valence-electron chi connectivity index (χ3n) is 3.66. The van der Waals surface area contributed by atoms with Gasteiger partial charge in [0.2, 0.25) is 0 Å². The average Bonchev–Trinajstić information content (AvgIpc) is 2.49. The van der Waals surface area contributed by atoms with Gasteiger partial charge in [0.1, 0.15) is 0 Å². The highest BCUT2D eigenvalue weighted by Crippen LogP contribution is 2.36. The minimum absolute atomic E-state index is 0.00112. The van der Waals surface area contributed by atoms with Crippen molar-refractivity contribution >= 4 is 21.8 Å². The normalized spacial score (nSPS) is 15.0. The number of hydrogen-bond acceptors (Lipinski definition) is 1. The van der Waals surface area contributed by atoms with Crippen molar-refractivity contribution in [3.63, 3.8) is 0 Å². The highest BCUT2D eigenvalue weighted by molar-refractivity contribution is 9.09.